The molecule has 0 atom stereocenters. The Morgan fingerprint density at radius 2 is 1.95 bits per heavy atom. The lowest BCUT2D eigenvalue weighted by Crippen LogP contribution is -2.24. The van der Waals surface area contributed by atoms with E-state index in [9.17, 15) is 9.18 Å². The third-order valence-electron chi connectivity index (χ3n) is 3.08. The van der Waals surface area contributed by atoms with Gasteiger partial charge in [-0.25, -0.2) is 4.39 Å². The molecule has 0 fully saturated rings. The lowest BCUT2D eigenvalue weighted by Gasteiger charge is -2.08. The van der Waals surface area contributed by atoms with Gasteiger partial charge in [-0.2, -0.15) is 0 Å². The summed E-state index contributed by atoms with van der Waals surface area (Å²) >= 11 is 5.99. The molecule has 0 saturated heterocycles. The van der Waals surface area contributed by atoms with Crippen LogP contribution in [0.4, 0.5) is 4.39 Å². The molecule has 0 bridgehead atoms. The van der Waals surface area contributed by atoms with Crippen molar-refractivity contribution < 1.29 is 14.3 Å². The lowest BCUT2D eigenvalue weighted by atomic mass is 10.1. The third-order valence-corrected chi connectivity index (χ3v) is 3.45. The zero-order chi connectivity index (χ0) is 15.2. The van der Waals surface area contributed by atoms with E-state index in [1.807, 2.05) is 6.07 Å². The molecule has 0 saturated carbocycles. The van der Waals surface area contributed by atoms with Gasteiger partial charge in [-0.3, -0.25) is 4.79 Å². The minimum atomic E-state index is -0.455. The van der Waals surface area contributed by atoms with Crippen molar-refractivity contribution in [3.8, 4) is 0 Å². The number of aliphatic hydroxyl groups excluding tert-OH is 1. The van der Waals surface area contributed by atoms with Gasteiger partial charge in [-0.1, -0.05) is 35.9 Å². The second kappa shape index (κ2) is 7.20. The van der Waals surface area contributed by atoms with Gasteiger partial charge < -0.3 is 10.4 Å². The molecule has 2 aromatic rings. The van der Waals surface area contributed by atoms with Crippen LogP contribution < -0.4 is 5.32 Å². The van der Waals surface area contributed by atoms with Gasteiger partial charge in [0.1, 0.15) is 5.82 Å². The molecule has 1 amide bonds. The van der Waals surface area contributed by atoms with E-state index in [4.69, 9.17) is 16.7 Å². The van der Waals surface area contributed by atoms with Crippen LogP contribution in [0, 0.1) is 5.82 Å². The average Bonchev–Trinajstić information content (AvgIpc) is 2.49. The molecule has 3 nitrogen and oxygen atoms in total. The number of amides is 1. The number of benzene rings is 2. The molecule has 0 aliphatic heterocycles. The minimum Gasteiger partial charge on any atom is -0.392 e. The molecule has 0 heterocycles. The molecule has 5 heteroatoms. The first-order valence-corrected chi connectivity index (χ1v) is 6.86. The maximum absolute atomic E-state index is 13.2. The summed E-state index contributed by atoms with van der Waals surface area (Å²) in [7, 11) is 0. The highest BCUT2D eigenvalue weighted by molar-refractivity contribution is 6.31. The average molecular weight is 308 g/mol. The van der Waals surface area contributed by atoms with Gasteiger partial charge in [0.2, 0.25) is 5.91 Å². The second-order valence-corrected chi connectivity index (χ2v) is 5.04. The predicted octanol–water partition coefficient (Wildman–Crippen LogP) is 2.83. The number of aliphatic hydroxyl groups is 1. The zero-order valence-corrected chi connectivity index (χ0v) is 12.0. The summed E-state index contributed by atoms with van der Waals surface area (Å²) < 4.78 is 13.2. The summed E-state index contributed by atoms with van der Waals surface area (Å²) in [6.07, 6.45) is 0.188. The van der Waals surface area contributed by atoms with E-state index in [0.29, 0.717) is 5.02 Å². The molecule has 0 spiro atoms. The second-order valence-electron chi connectivity index (χ2n) is 4.63. The van der Waals surface area contributed by atoms with Crippen LogP contribution in [0.3, 0.4) is 0 Å². The van der Waals surface area contributed by atoms with Crippen LogP contribution in [-0.4, -0.2) is 11.0 Å². The molecule has 0 aliphatic carbocycles. The Morgan fingerprint density at radius 3 is 2.67 bits per heavy atom. The Balaban J connectivity index is 1.94. The maximum Gasteiger partial charge on any atom is 0.224 e. The zero-order valence-electron chi connectivity index (χ0n) is 11.3. The van der Waals surface area contributed by atoms with Gasteiger partial charge in [0.05, 0.1) is 13.0 Å². The molecule has 0 aromatic heterocycles. The van der Waals surface area contributed by atoms with E-state index < -0.39 is 5.82 Å². The smallest absolute Gasteiger partial charge is 0.224 e. The molecule has 2 rings (SSSR count). The topological polar surface area (TPSA) is 49.3 Å². The highest BCUT2D eigenvalue weighted by atomic mass is 35.5. The number of hydrogen-bond acceptors (Lipinski definition) is 2. The summed E-state index contributed by atoms with van der Waals surface area (Å²) in [4.78, 5) is 11.9. The molecule has 0 unspecified atom stereocenters. The van der Waals surface area contributed by atoms with Gasteiger partial charge in [-0.05, 0) is 29.3 Å². The Morgan fingerprint density at radius 1 is 1.19 bits per heavy atom. The van der Waals surface area contributed by atoms with E-state index in [0.717, 1.165) is 11.1 Å². The first-order chi connectivity index (χ1) is 10.1. The van der Waals surface area contributed by atoms with Crippen molar-refractivity contribution in [2.75, 3.05) is 0 Å². The fourth-order valence-corrected chi connectivity index (χ4v) is 2.14. The van der Waals surface area contributed by atoms with E-state index in [1.54, 1.807) is 24.3 Å². The highest BCUT2D eigenvalue weighted by Gasteiger charge is 2.07. The van der Waals surface area contributed by atoms with E-state index >= 15 is 0 Å². The fraction of sp³-hybridized carbons (Fsp3) is 0.188. The van der Waals surface area contributed by atoms with Crippen LogP contribution in [0.15, 0.2) is 42.5 Å². The summed E-state index contributed by atoms with van der Waals surface area (Å²) in [6.45, 7) is -0.0934. The standard InChI is InChI=1S/C16H15ClFNO2/c17-14-4-2-1-3-12(14)8-16(21)19-9-11-5-6-15(18)13(7-11)10-20/h1-7,20H,8-10H2,(H,19,21). The van der Waals surface area contributed by atoms with Crippen molar-refractivity contribution in [2.45, 2.75) is 19.6 Å². The lowest BCUT2D eigenvalue weighted by molar-refractivity contribution is -0.120. The molecular weight excluding hydrogens is 293 g/mol. The maximum atomic E-state index is 13.2. The van der Waals surface area contributed by atoms with Gasteiger partial charge in [-0.15, -0.1) is 0 Å². The first kappa shape index (κ1) is 15.5. The fourth-order valence-electron chi connectivity index (χ4n) is 1.94. The number of carbonyl (C=O) groups excluding carboxylic acids is 1. The number of halogens is 2. The Labute approximate surface area is 127 Å². The Hall–Kier alpha value is -1.91. The van der Waals surface area contributed by atoms with Crippen LogP contribution in [0.5, 0.6) is 0 Å². The molecule has 110 valence electrons. The van der Waals surface area contributed by atoms with E-state index in [2.05, 4.69) is 5.32 Å². The summed E-state index contributed by atoms with van der Waals surface area (Å²) in [6, 6.07) is 11.5. The third kappa shape index (κ3) is 4.28. The molecular formula is C16H15ClFNO2. The summed E-state index contributed by atoms with van der Waals surface area (Å²) in [5.74, 6) is -0.624. The number of rotatable bonds is 5. The van der Waals surface area contributed by atoms with Crippen LogP contribution in [0.25, 0.3) is 0 Å². The quantitative estimate of drug-likeness (QED) is 0.892. The molecule has 0 radical (unpaired) electrons. The van der Waals surface area contributed by atoms with Gasteiger partial charge in [0.25, 0.3) is 0 Å². The highest BCUT2D eigenvalue weighted by Crippen LogP contribution is 2.15. The van der Waals surface area contributed by atoms with Gasteiger partial charge in [0, 0.05) is 17.1 Å². The molecule has 21 heavy (non-hydrogen) atoms. The predicted molar refractivity (Wildman–Crippen MR) is 79.3 cm³/mol. The summed E-state index contributed by atoms with van der Waals surface area (Å²) in [5.41, 5.74) is 1.70. The van der Waals surface area contributed by atoms with Crippen molar-refractivity contribution in [3.63, 3.8) is 0 Å². The van der Waals surface area contributed by atoms with E-state index in [1.165, 1.54) is 12.1 Å². The van der Waals surface area contributed by atoms with Crippen molar-refractivity contribution in [2.24, 2.45) is 0 Å². The molecule has 2 aromatic carbocycles. The van der Waals surface area contributed by atoms with Crippen molar-refractivity contribution >= 4 is 17.5 Å². The minimum absolute atomic E-state index is 0.169. The molecule has 0 aliphatic rings. The van der Waals surface area contributed by atoms with Gasteiger partial charge >= 0.3 is 0 Å². The largest absolute Gasteiger partial charge is 0.392 e. The van der Waals surface area contributed by atoms with E-state index in [-0.39, 0.29) is 31.0 Å². The monoisotopic (exact) mass is 307 g/mol. The number of hydrogen-bond donors (Lipinski definition) is 2. The van der Waals surface area contributed by atoms with Crippen LogP contribution in [0.1, 0.15) is 16.7 Å². The van der Waals surface area contributed by atoms with Gasteiger partial charge in [0.15, 0.2) is 0 Å². The van der Waals surface area contributed by atoms with Crippen molar-refractivity contribution in [3.05, 3.63) is 70.0 Å². The number of carbonyl (C=O) groups is 1. The van der Waals surface area contributed by atoms with Crippen molar-refractivity contribution in [1.29, 1.82) is 0 Å². The summed E-state index contributed by atoms with van der Waals surface area (Å²) in [5, 5.41) is 12.3. The Bertz CT molecular complexity index is 646. The molecule has 2 N–H and O–H groups in total. The number of nitrogens with one attached hydrogen (secondary N) is 1. The Kier molecular flexibility index (Phi) is 5.31. The van der Waals surface area contributed by atoms with Crippen molar-refractivity contribution in [1.82, 2.24) is 5.32 Å². The van der Waals surface area contributed by atoms with Crippen LogP contribution in [-0.2, 0) is 24.4 Å². The SMILES string of the molecule is O=C(Cc1ccccc1Cl)NCc1ccc(F)c(CO)c1. The van der Waals surface area contributed by atoms with Crippen LogP contribution in [0.2, 0.25) is 5.02 Å². The normalized spacial score (nSPS) is 10.4. The van der Waals surface area contributed by atoms with Crippen LogP contribution >= 0.6 is 11.6 Å². The first-order valence-electron chi connectivity index (χ1n) is 6.48.